The smallest absolute Gasteiger partial charge is 0.327 e. The fourth-order valence-corrected chi connectivity index (χ4v) is 5.55. The molecule has 0 radical (unpaired) electrons. The van der Waals surface area contributed by atoms with E-state index in [1.165, 1.54) is 0 Å². The van der Waals surface area contributed by atoms with E-state index in [0.29, 0.717) is 5.56 Å². The summed E-state index contributed by atoms with van der Waals surface area (Å²) in [5.41, 5.74) is 6.67. The molecule has 0 aliphatic carbocycles. The monoisotopic (exact) mass is 945 g/mol. The van der Waals surface area contributed by atoms with Crippen molar-refractivity contribution in [3.05, 3.63) is 35.9 Å². The standard InChI is InChI=1S/C38H55N7O18S.CH4/c39-23(34(54)42-26(19-33(52)53)35(55)43-27(20-64)37(58)59)6-8-28(47)25(18-22-4-2-1-3-5-22)41-30(49)12-14-61-16-17-62-15-13-40-29(48)9-7-24(36(56)57)44-38(60)45-31(63-21-46)10-11-32(50)51;/h1-5,21,23-27,31,64H,6-20,39H2,(H,40,48)(H,41,49)(H,42,54)(H,43,55)(H,50,51)(H,52,53)(H,56,57)(H,58,59)(H2,44,45,60);1H4/t23-,24-,25-,26-,27-,31+;/m0./s1. The number of aliphatic carboxylic acids is 4. The molecule has 1 aromatic rings. The summed E-state index contributed by atoms with van der Waals surface area (Å²) < 4.78 is 15.4. The Hall–Kier alpha value is -6.38. The van der Waals surface area contributed by atoms with Crippen molar-refractivity contribution in [2.75, 3.05) is 38.7 Å². The maximum Gasteiger partial charge on any atom is 0.327 e. The zero-order valence-corrected chi connectivity index (χ0v) is 35.5. The number of thiol groups is 1. The summed E-state index contributed by atoms with van der Waals surface area (Å²) in [6.07, 6.45) is -4.13. The molecule has 364 valence electrons. The Bertz CT molecular complexity index is 1740. The molecule has 0 saturated carbocycles. The van der Waals surface area contributed by atoms with Crippen LogP contribution in [0.1, 0.15) is 64.4 Å². The number of nitrogens with one attached hydrogen (secondary N) is 6. The maximum atomic E-state index is 13.3. The Morgan fingerprint density at radius 1 is 0.646 bits per heavy atom. The number of benzene rings is 1. The number of amides is 6. The van der Waals surface area contributed by atoms with Crippen molar-refractivity contribution in [2.24, 2.45) is 5.73 Å². The number of Topliss-reactive ketones (excluding diaryl/α,β-unsaturated/α-hetero) is 1. The maximum absolute atomic E-state index is 13.3. The highest BCUT2D eigenvalue weighted by molar-refractivity contribution is 7.80. The molecule has 6 atom stereocenters. The molecule has 0 aliphatic rings. The van der Waals surface area contributed by atoms with Gasteiger partial charge in [-0.25, -0.2) is 14.4 Å². The number of urea groups is 1. The summed E-state index contributed by atoms with van der Waals surface area (Å²) >= 11 is 3.83. The third-order valence-corrected chi connectivity index (χ3v) is 9.03. The first-order valence-electron chi connectivity index (χ1n) is 19.7. The van der Waals surface area contributed by atoms with E-state index in [4.69, 9.17) is 25.4 Å². The quantitative estimate of drug-likeness (QED) is 0.0150. The van der Waals surface area contributed by atoms with Gasteiger partial charge >= 0.3 is 29.9 Å². The summed E-state index contributed by atoms with van der Waals surface area (Å²) in [6.45, 7) is 0.153. The fourth-order valence-electron chi connectivity index (χ4n) is 5.30. The Kier molecular flexibility index (Phi) is 29.9. The summed E-state index contributed by atoms with van der Waals surface area (Å²) in [4.78, 5) is 131. The Morgan fingerprint density at radius 2 is 1.28 bits per heavy atom. The van der Waals surface area contributed by atoms with Gasteiger partial charge in [0.1, 0.15) is 18.1 Å². The second-order valence-electron chi connectivity index (χ2n) is 13.7. The molecule has 0 saturated heterocycles. The summed E-state index contributed by atoms with van der Waals surface area (Å²) in [7, 11) is 0. The van der Waals surface area contributed by atoms with Gasteiger partial charge in [-0.2, -0.15) is 12.6 Å². The van der Waals surface area contributed by atoms with Crippen LogP contribution >= 0.6 is 12.6 Å². The first-order valence-corrected chi connectivity index (χ1v) is 20.3. The topological polar surface area (TPSA) is 395 Å². The van der Waals surface area contributed by atoms with E-state index in [0.717, 1.165) is 0 Å². The van der Waals surface area contributed by atoms with Crippen LogP contribution in [-0.2, 0) is 68.6 Å². The number of carboxylic acid groups (broad SMARTS) is 4. The van der Waals surface area contributed by atoms with Crippen molar-refractivity contribution in [3.8, 4) is 0 Å². The predicted octanol–water partition coefficient (Wildman–Crippen LogP) is -2.08. The molecule has 0 aliphatic heterocycles. The number of rotatable bonds is 35. The highest BCUT2D eigenvalue weighted by atomic mass is 32.1. The second-order valence-corrected chi connectivity index (χ2v) is 14.1. The zero-order chi connectivity index (χ0) is 48.0. The van der Waals surface area contributed by atoms with Gasteiger partial charge < -0.3 is 72.3 Å². The molecule has 25 nitrogen and oxygen atoms in total. The molecule has 0 unspecified atom stereocenters. The van der Waals surface area contributed by atoms with Crippen LogP contribution in [-0.4, -0.2) is 161 Å². The lowest BCUT2D eigenvalue weighted by Crippen LogP contribution is -2.55. The molecule has 0 bridgehead atoms. The lowest BCUT2D eigenvalue weighted by molar-refractivity contribution is -0.143. The van der Waals surface area contributed by atoms with Gasteiger partial charge in [0.05, 0.1) is 51.4 Å². The summed E-state index contributed by atoms with van der Waals surface area (Å²) in [5, 5.41) is 50.2. The van der Waals surface area contributed by atoms with E-state index in [2.05, 4.69) is 49.3 Å². The number of ether oxygens (including phenoxy) is 3. The minimum Gasteiger partial charge on any atom is -0.481 e. The van der Waals surface area contributed by atoms with Crippen LogP contribution in [0.4, 0.5) is 4.79 Å². The van der Waals surface area contributed by atoms with E-state index >= 15 is 0 Å². The van der Waals surface area contributed by atoms with Gasteiger partial charge in [-0.3, -0.25) is 38.4 Å². The molecule has 1 rings (SSSR count). The van der Waals surface area contributed by atoms with Crippen molar-refractivity contribution in [3.63, 3.8) is 0 Å². The third kappa shape index (κ3) is 26.8. The molecule has 6 amide bonds. The fraction of sp³-hybridized carbons (Fsp3) is 0.564. The second kappa shape index (κ2) is 33.2. The molecule has 0 spiro atoms. The summed E-state index contributed by atoms with van der Waals surface area (Å²) in [6, 6.07) is 0.603. The zero-order valence-electron chi connectivity index (χ0n) is 34.6. The molecule has 0 heterocycles. The minimum atomic E-state index is -1.68. The van der Waals surface area contributed by atoms with Gasteiger partial charge in [-0.15, -0.1) is 0 Å². The predicted molar refractivity (Wildman–Crippen MR) is 228 cm³/mol. The Balaban J connectivity index is 0.0000410. The van der Waals surface area contributed by atoms with E-state index in [9.17, 15) is 63.0 Å². The molecule has 0 aromatic heterocycles. The van der Waals surface area contributed by atoms with Crippen molar-refractivity contribution in [1.82, 2.24) is 31.9 Å². The van der Waals surface area contributed by atoms with Crippen molar-refractivity contribution >= 4 is 78.4 Å². The third-order valence-electron chi connectivity index (χ3n) is 8.66. The van der Waals surface area contributed by atoms with Crippen LogP contribution in [0.5, 0.6) is 0 Å². The first-order chi connectivity index (χ1) is 30.4. The largest absolute Gasteiger partial charge is 0.481 e. The SMILES string of the molecule is C.N[C@@H](CCC(=O)[C@H](Cc1ccccc1)NC(=O)CCOCCOCCNC(=O)CC[C@H](NC(=O)N[C@@H](CCC(=O)O)OC=O)C(=O)O)C(=O)N[C@@H](CC(=O)O)C(=O)N[C@@H](CS)C(=O)O. The minimum absolute atomic E-state index is 0. The van der Waals surface area contributed by atoms with Crippen molar-refractivity contribution < 1.29 is 87.4 Å². The lowest BCUT2D eigenvalue weighted by atomic mass is 9.97. The van der Waals surface area contributed by atoms with Crippen LogP contribution in [0.2, 0.25) is 0 Å². The van der Waals surface area contributed by atoms with Crippen LogP contribution in [0, 0.1) is 0 Å². The van der Waals surface area contributed by atoms with Gasteiger partial charge in [-0.05, 0) is 24.8 Å². The average molecular weight is 946 g/mol. The number of nitrogens with two attached hydrogens (primary N) is 1. The van der Waals surface area contributed by atoms with Crippen molar-refractivity contribution in [2.45, 2.75) is 102 Å². The molecular weight excluding hydrogens is 887 g/mol. The van der Waals surface area contributed by atoms with E-state index in [-0.39, 0.29) is 97.6 Å². The number of carbonyl (C=O) groups is 11. The van der Waals surface area contributed by atoms with Crippen LogP contribution in [0.3, 0.4) is 0 Å². The van der Waals surface area contributed by atoms with Gasteiger partial charge in [0.2, 0.25) is 23.6 Å². The lowest BCUT2D eigenvalue weighted by Gasteiger charge is -2.22. The molecule has 1 aromatic carbocycles. The van der Waals surface area contributed by atoms with Crippen LogP contribution < -0.4 is 37.6 Å². The van der Waals surface area contributed by atoms with E-state index in [1.54, 1.807) is 30.3 Å². The summed E-state index contributed by atoms with van der Waals surface area (Å²) in [5.74, 6) is -9.50. The van der Waals surface area contributed by atoms with Crippen molar-refractivity contribution in [1.29, 1.82) is 0 Å². The number of hydrogen-bond acceptors (Lipinski definition) is 16. The normalized spacial score (nSPS) is 13.3. The number of carbonyl (C=O) groups excluding carboxylic acids is 7. The van der Waals surface area contributed by atoms with Gasteiger partial charge in [-0.1, -0.05) is 37.8 Å². The average Bonchev–Trinajstić information content (AvgIpc) is 3.23. The molecule has 65 heavy (non-hydrogen) atoms. The van der Waals surface area contributed by atoms with E-state index < -0.39 is 109 Å². The van der Waals surface area contributed by atoms with Crippen LogP contribution in [0.15, 0.2) is 30.3 Å². The highest BCUT2D eigenvalue weighted by Crippen LogP contribution is 2.09. The van der Waals surface area contributed by atoms with Gasteiger partial charge in [0.15, 0.2) is 12.0 Å². The Morgan fingerprint density at radius 3 is 1.86 bits per heavy atom. The first kappa shape index (κ1) is 58.6. The Labute approximate surface area is 379 Å². The van der Waals surface area contributed by atoms with Gasteiger partial charge in [0.25, 0.3) is 6.47 Å². The highest BCUT2D eigenvalue weighted by Gasteiger charge is 2.30. The number of hydrogen-bond donors (Lipinski definition) is 12. The molecular formula is C39H59N7O18S. The molecule has 12 N–H and O–H groups in total. The van der Waals surface area contributed by atoms with E-state index in [1.807, 2.05) is 0 Å². The number of carboxylic acids is 4. The van der Waals surface area contributed by atoms with Crippen LogP contribution in [0.25, 0.3) is 0 Å². The number of ketones is 1. The van der Waals surface area contributed by atoms with Gasteiger partial charge in [0, 0.05) is 38.0 Å². The molecule has 26 heteroatoms. The molecule has 0 fully saturated rings.